The lowest BCUT2D eigenvalue weighted by atomic mass is 10.2. The zero-order chi connectivity index (χ0) is 14.5. The van der Waals surface area contributed by atoms with Crippen LogP contribution in [0.1, 0.15) is 22.2 Å². The number of carbonyl (C=O) groups is 2. The third-order valence-electron chi connectivity index (χ3n) is 2.44. The molecule has 0 atom stereocenters. The van der Waals surface area contributed by atoms with E-state index in [1.165, 1.54) is 30.4 Å². The van der Waals surface area contributed by atoms with Crippen molar-refractivity contribution in [2.75, 3.05) is 5.32 Å². The fourth-order valence-corrected chi connectivity index (χ4v) is 2.17. The number of nitrogens with one attached hydrogen (secondary N) is 1. The molecule has 1 N–H and O–H groups in total. The van der Waals surface area contributed by atoms with Gasteiger partial charge in [-0.25, -0.2) is 9.18 Å². The highest BCUT2D eigenvalue weighted by Crippen LogP contribution is 2.18. The van der Waals surface area contributed by atoms with E-state index < -0.39 is 17.7 Å². The normalized spacial score (nSPS) is 10.1. The second kappa shape index (κ2) is 6.29. The summed E-state index contributed by atoms with van der Waals surface area (Å²) in [5.41, 5.74) is 0.148. The van der Waals surface area contributed by atoms with Gasteiger partial charge in [0.05, 0.1) is 11.3 Å². The third kappa shape index (κ3) is 3.64. The van der Waals surface area contributed by atoms with Crippen molar-refractivity contribution in [1.82, 2.24) is 0 Å². The summed E-state index contributed by atoms with van der Waals surface area (Å²) >= 11 is 1.48. The summed E-state index contributed by atoms with van der Waals surface area (Å²) in [7, 11) is 0. The molecule has 0 fully saturated rings. The lowest BCUT2D eigenvalue weighted by Gasteiger charge is -2.07. The predicted octanol–water partition coefficient (Wildman–Crippen LogP) is 3.20. The first-order valence-corrected chi connectivity index (χ1v) is 6.71. The van der Waals surface area contributed by atoms with Gasteiger partial charge >= 0.3 is 5.97 Å². The molecule has 1 aromatic carbocycles. The van der Waals surface area contributed by atoms with Crippen LogP contribution in [0.3, 0.4) is 0 Å². The van der Waals surface area contributed by atoms with Crippen molar-refractivity contribution in [2.24, 2.45) is 0 Å². The fraction of sp³-hybridized carbons (Fsp3) is 0.143. The molecular formula is C14H12FNO3S. The largest absolute Gasteiger partial charge is 0.456 e. The van der Waals surface area contributed by atoms with Gasteiger partial charge in [0.2, 0.25) is 5.91 Å². The SMILES string of the molecule is CC(=O)Nc1cc(C(=O)OCc2cccs2)ccc1F. The minimum Gasteiger partial charge on any atom is -0.456 e. The molecule has 20 heavy (non-hydrogen) atoms. The minimum absolute atomic E-state index is 0.0388. The maximum absolute atomic E-state index is 13.4. The van der Waals surface area contributed by atoms with E-state index in [2.05, 4.69) is 5.32 Å². The van der Waals surface area contributed by atoms with Gasteiger partial charge in [-0.15, -0.1) is 11.3 Å². The summed E-state index contributed by atoms with van der Waals surface area (Å²) in [4.78, 5) is 23.7. The number of amides is 1. The predicted molar refractivity (Wildman–Crippen MR) is 74.1 cm³/mol. The zero-order valence-corrected chi connectivity index (χ0v) is 11.5. The van der Waals surface area contributed by atoms with Gasteiger partial charge in [-0.2, -0.15) is 0 Å². The van der Waals surface area contributed by atoms with E-state index in [0.29, 0.717) is 0 Å². The Morgan fingerprint density at radius 2 is 2.15 bits per heavy atom. The smallest absolute Gasteiger partial charge is 0.338 e. The Morgan fingerprint density at radius 1 is 1.35 bits per heavy atom. The molecule has 0 saturated carbocycles. The number of esters is 1. The van der Waals surface area contributed by atoms with Crippen LogP contribution in [0.2, 0.25) is 0 Å². The quantitative estimate of drug-likeness (QED) is 0.881. The van der Waals surface area contributed by atoms with Crippen molar-refractivity contribution in [2.45, 2.75) is 13.5 Å². The van der Waals surface area contributed by atoms with Crippen LogP contribution in [0, 0.1) is 5.82 Å². The first-order valence-electron chi connectivity index (χ1n) is 5.83. The number of benzene rings is 1. The fourth-order valence-electron chi connectivity index (χ4n) is 1.55. The molecule has 0 saturated heterocycles. The van der Waals surface area contributed by atoms with Gasteiger partial charge in [0.15, 0.2) is 0 Å². The summed E-state index contributed by atoms with van der Waals surface area (Å²) in [5, 5.41) is 4.20. The molecule has 0 unspecified atom stereocenters. The van der Waals surface area contributed by atoms with Crippen LogP contribution in [-0.4, -0.2) is 11.9 Å². The van der Waals surface area contributed by atoms with E-state index in [0.717, 1.165) is 10.9 Å². The molecule has 6 heteroatoms. The molecule has 0 bridgehead atoms. The topological polar surface area (TPSA) is 55.4 Å². The van der Waals surface area contributed by atoms with Crippen molar-refractivity contribution in [3.63, 3.8) is 0 Å². The number of rotatable bonds is 4. The number of hydrogen-bond acceptors (Lipinski definition) is 4. The van der Waals surface area contributed by atoms with E-state index in [1.54, 1.807) is 0 Å². The molecule has 0 aliphatic heterocycles. The Morgan fingerprint density at radius 3 is 2.80 bits per heavy atom. The molecule has 2 rings (SSSR count). The van der Waals surface area contributed by atoms with Crippen LogP contribution in [0.25, 0.3) is 0 Å². The van der Waals surface area contributed by atoms with Crippen molar-refractivity contribution in [3.8, 4) is 0 Å². The average Bonchev–Trinajstić information content (AvgIpc) is 2.91. The lowest BCUT2D eigenvalue weighted by Crippen LogP contribution is -2.10. The number of anilines is 1. The second-order valence-corrected chi connectivity index (χ2v) is 5.06. The highest BCUT2D eigenvalue weighted by Gasteiger charge is 2.12. The average molecular weight is 293 g/mol. The standard InChI is InChI=1S/C14H12FNO3S/c1-9(17)16-13-7-10(4-5-12(13)15)14(18)19-8-11-3-2-6-20-11/h2-7H,8H2,1H3,(H,16,17). The number of thiophene rings is 1. The second-order valence-electron chi connectivity index (χ2n) is 4.03. The molecule has 0 aliphatic carbocycles. The molecule has 0 spiro atoms. The molecular weight excluding hydrogens is 281 g/mol. The van der Waals surface area contributed by atoms with Gasteiger partial charge in [-0.1, -0.05) is 6.07 Å². The van der Waals surface area contributed by atoms with Gasteiger partial charge in [0, 0.05) is 11.8 Å². The highest BCUT2D eigenvalue weighted by molar-refractivity contribution is 7.09. The maximum atomic E-state index is 13.4. The lowest BCUT2D eigenvalue weighted by molar-refractivity contribution is -0.114. The highest BCUT2D eigenvalue weighted by atomic mass is 32.1. The number of halogens is 1. The molecule has 2 aromatic rings. The summed E-state index contributed by atoms with van der Waals surface area (Å²) in [6.45, 7) is 1.44. The van der Waals surface area contributed by atoms with Crippen LogP contribution < -0.4 is 5.32 Å². The Bertz CT molecular complexity index is 625. The van der Waals surface area contributed by atoms with E-state index in [1.807, 2.05) is 17.5 Å². The van der Waals surface area contributed by atoms with Crippen LogP contribution in [0.4, 0.5) is 10.1 Å². The van der Waals surface area contributed by atoms with Gasteiger partial charge in [0.1, 0.15) is 12.4 Å². The Balaban J connectivity index is 2.07. The van der Waals surface area contributed by atoms with E-state index in [9.17, 15) is 14.0 Å². The first kappa shape index (κ1) is 14.2. The first-order chi connectivity index (χ1) is 9.56. The summed E-state index contributed by atoms with van der Waals surface area (Å²) in [6.07, 6.45) is 0. The van der Waals surface area contributed by atoms with Crippen LogP contribution in [0.5, 0.6) is 0 Å². The van der Waals surface area contributed by atoms with Crippen molar-refractivity contribution < 1.29 is 18.7 Å². The van der Waals surface area contributed by atoms with E-state index >= 15 is 0 Å². The molecule has 0 radical (unpaired) electrons. The molecule has 0 aliphatic rings. The molecule has 4 nitrogen and oxygen atoms in total. The van der Waals surface area contributed by atoms with Crippen molar-refractivity contribution in [1.29, 1.82) is 0 Å². The summed E-state index contributed by atoms with van der Waals surface area (Å²) < 4.78 is 18.5. The van der Waals surface area contributed by atoms with Crippen LogP contribution in [0.15, 0.2) is 35.7 Å². The Labute approximate surface area is 119 Å². The Kier molecular flexibility index (Phi) is 4.47. The van der Waals surface area contributed by atoms with Gasteiger partial charge in [-0.3, -0.25) is 4.79 Å². The molecule has 1 aromatic heterocycles. The molecule has 104 valence electrons. The van der Waals surface area contributed by atoms with Crippen molar-refractivity contribution in [3.05, 3.63) is 52.0 Å². The summed E-state index contributed by atoms with van der Waals surface area (Å²) in [5.74, 6) is -1.58. The number of ether oxygens (including phenoxy) is 1. The number of carbonyl (C=O) groups excluding carboxylic acids is 2. The van der Waals surface area contributed by atoms with Gasteiger partial charge in [-0.05, 0) is 29.6 Å². The maximum Gasteiger partial charge on any atom is 0.338 e. The molecule has 1 heterocycles. The third-order valence-corrected chi connectivity index (χ3v) is 3.29. The van der Waals surface area contributed by atoms with Gasteiger partial charge in [0.25, 0.3) is 0 Å². The monoisotopic (exact) mass is 293 g/mol. The molecule has 1 amide bonds. The zero-order valence-electron chi connectivity index (χ0n) is 10.7. The number of hydrogen-bond donors (Lipinski definition) is 1. The van der Waals surface area contributed by atoms with E-state index in [4.69, 9.17) is 4.74 Å². The van der Waals surface area contributed by atoms with E-state index in [-0.39, 0.29) is 17.9 Å². The van der Waals surface area contributed by atoms with Gasteiger partial charge < -0.3 is 10.1 Å². The van der Waals surface area contributed by atoms with Crippen molar-refractivity contribution >= 4 is 28.9 Å². The van der Waals surface area contributed by atoms with Crippen LogP contribution in [-0.2, 0) is 16.1 Å². The minimum atomic E-state index is -0.602. The Hall–Kier alpha value is -2.21. The van der Waals surface area contributed by atoms with Crippen LogP contribution >= 0.6 is 11.3 Å². The summed E-state index contributed by atoms with van der Waals surface area (Å²) in [6, 6.07) is 7.41.